The Balaban J connectivity index is 2.14. The largest absolute Gasteiger partial charge is 0.351 e. The number of hydrogen-bond acceptors (Lipinski definition) is 2. The lowest BCUT2D eigenvalue weighted by Crippen LogP contribution is -2.28. The number of anilines is 1. The zero-order valence-corrected chi connectivity index (χ0v) is 11.0. The molecule has 1 atom stereocenters. The number of nitrogens with one attached hydrogen (secondary N) is 2. The zero-order chi connectivity index (χ0) is 13.1. The Kier molecular flexibility index (Phi) is 3.67. The second kappa shape index (κ2) is 5.23. The van der Waals surface area contributed by atoms with E-state index in [0.717, 1.165) is 16.6 Å². The van der Waals surface area contributed by atoms with Crippen LogP contribution in [0.4, 0.5) is 5.69 Å². The number of rotatable bonds is 4. The van der Waals surface area contributed by atoms with E-state index in [1.165, 1.54) is 0 Å². The number of aryl methyl sites for hydroxylation is 1. The van der Waals surface area contributed by atoms with Crippen LogP contribution < -0.4 is 10.6 Å². The molecule has 0 aliphatic rings. The molecule has 0 bridgehead atoms. The van der Waals surface area contributed by atoms with Crippen LogP contribution in [0.5, 0.6) is 0 Å². The van der Waals surface area contributed by atoms with E-state index < -0.39 is 0 Å². The summed E-state index contributed by atoms with van der Waals surface area (Å²) < 4.78 is 2.06. The van der Waals surface area contributed by atoms with Crippen LogP contribution >= 0.6 is 0 Å². The summed E-state index contributed by atoms with van der Waals surface area (Å²) in [5.74, 6) is 0.00102. The van der Waals surface area contributed by atoms with Gasteiger partial charge in [0, 0.05) is 42.3 Å². The fraction of sp³-hybridized carbons (Fsp3) is 0.357. The van der Waals surface area contributed by atoms with Crippen molar-refractivity contribution in [2.45, 2.75) is 6.92 Å². The summed E-state index contributed by atoms with van der Waals surface area (Å²) in [6.45, 7) is 2.59. The highest BCUT2D eigenvalue weighted by molar-refractivity contribution is 5.95. The number of carbonyl (C=O) groups is 1. The van der Waals surface area contributed by atoms with Crippen LogP contribution in [0, 0.1) is 5.92 Å². The first-order valence-corrected chi connectivity index (χ1v) is 6.12. The highest BCUT2D eigenvalue weighted by Crippen LogP contribution is 2.20. The van der Waals surface area contributed by atoms with Gasteiger partial charge in [-0.1, -0.05) is 6.92 Å². The van der Waals surface area contributed by atoms with E-state index in [0.29, 0.717) is 6.54 Å². The van der Waals surface area contributed by atoms with E-state index in [9.17, 15) is 4.79 Å². The van der Waals surface area contributed by atoms with E-state index in [2.05, 4.69) is 15.2 Å². The third-order valence-corrected chi connectivity index (χ3v) is 3.11. The number of fused-ring (bicyclic) bond motifs is 1. The predicted molar refractivity (Wildman–Crippen MR) is 74.6 cm³/mol. The molecule has 0 saturated carbocycles. The first kappa shape index (κ1) is 12.6. The molecule has 96 valence electrons. The lowest BCUT2D eigenvalue weighted by molar-refractivity contribution is -0.119. The minimum atomic E-state index is -0.0403. The van der Waals surface area contributed by atoms with E-state index >= 15 is 0 Å². The molecule has 1 heterocycles. The Hall–Kier alpha value is -1.81. The summed E-state index contributed by atoms with van der Waals surface area (Å²) >= 11 is 0. The van der Waals surface area contributed by atoms with E-state index in [1.54, 1.807) is 0 Å². The van der Waals surface area contributed by atoms with Crippen molar-refractivity contribution < 1.29 is 4.79 Å². The lowest BCUT2D eigenvalue weighted by atomic mass is 10.1. The highest BCUT2D eigenvalue weighted by Gasteiger charge is 2.12. The molecule has 4 heteroatoms. The van der Waals surface area contributed by atoms with Crippen LogP contribution in [0.2, 0.25) is 0 Å². The van der Waals surface area contributed by atoms with Gasteiger partial charge in [-0.2, -0.15) is 0 Å². The Bertz CT molecular complexity index is 559. The Labute approximate surface area is 107 Å². The SMILES string of the molecule is CNCC(C)C(=O)Nc1ccc2c(ccn2C)c1. The van der Waals surface area contributed by atoms with Gasteiger partial charge in [-0.25, -0.2) is 0 Å². The van der Waals surface area contributed by atoms with Crippen molar-refractivity contribution in [2.24, 2.45) is 13.0 Å². The summed E-state index contributed by atoms with van der Waals surface area (Å²) in [7, 11) is 3.86. The summed E-state index contributed by atoms with van der Waals surface area (Å²) in [4.78, 5) is 11.9. The van der Waals surface area contributed by atoms with Crippen LogP contribution in [-0.4, -0.2) is 24.1 Å². The maximum absolute atomic E-state index is 11.9. The van der Waals surface area contributed by atoms with Gasteiger partial charge < -0.3 is 15.2 Å². The van der Waals surface area contributed by atoms with Gasteiger partial charge in [-0.15, -0.1) is 0 Å². The van der Waals surface area contributed by atoms with Gasteiger partial charge in [0.15, 0.2) is 0 Å². The molecule has 18 heavy (non-hydrogen) atoms. The maximum atomic E-state index is 11.9. The van der Waals surface area contributed by atoms with Gasteiger partial charge in [-0.3, -0.25) is 4.79 Å². The molecule has 1 aromatic carbocycles. The number of aromatic nitrogens is 1. The van der Waals surface area contributed by atoms with Crippen molar-refractivity contribution in [1.82, 2.24) is 9.88 Å². The third kappa shape index (κ3) is 2.54. The van der Waals surface area contributed by atoms with Crippen molar-refractivity contribution in [2.75, 3.05) is 18.9 Å². The van der Waals surface area contributed by atoms with Crippen molar-refractivity contribution in [3.05, 3.63) is 30.5 Å². The normalized spacial score (nSPS) is 12.6. The number of benzene rings is 1. The van der Waals surface area contributed by atoms with Crippen molar-refractivity contribution in [3.8, 4) is 0 Å². The van der Waals surface area contributed by atoms with Crippen LogP contribution in [0.25, 0.3) is 10.9 Å². The van der Waals surface area contributed by atoms with Crippen molar-refractivity contribution in [1.29, 1.82) is 0 Å². The highest BCUT2D eigenvalue weighted by atomic mass is 16.1. The van der Waals surface area contributed by atoms with Gasteiger partial charge in [0.1, 0.15) is 0 Å². The van der Waals surface area contributed by atoms with Crippen LogP contribution in [0.15, 0.2) is 30.5 Å². The molecule has 1 amide bonds. The van der Waals surface area contributed by atoms with E-state index in [-0.39, 0.29) is 11.8 Å². The Morgan fingerprint density at radius 3 is 2.89 bits per heavy atom. The summed E-state index contributed by atoms with van der Waals surface area (Å²) in [6, 6.07) is 8.00. The van der Waals surface area contributed by atoms with E-state index in [4.69, 9.17) is 0 Å². The molecule has 0 fully saturated rings. The summed E-state index contributed by atoms with van der Waals surface area (Å²) in [5.41, 5.74) is 2.01. The molecular formula is C14H19N3O. The molecule has 0 saturated heterocycles. The fourth-order valence-electron chi connectivity index (χ4n) is 2.02. The molecular weight excluding hydrogens is 226 g/mol. The summed E-state index contributed by atoms with van der Waals surface area (Å²) in [6.07, 6.45) is 2.01. The lowest BCUT2D eigenvalue weighted by Gasteiger charge is -2.11. The second-order valence-corrected chi connectivity index (χ2v) is 4.65. The molecule has 2 aromatic rings. The molecule has 1 unspecified atom stereocenters. The minimum Gasteiger partial charge on any atom is -0.351 e. The smallest absolute Gasteiger partial charge is 0.228 e. The zero-order valence-electron chi connectivity index (χ0n) is 11.0. The number of hydrogen-bond donors (Lipinski definition) is 2. The van der Waals surface area contributed by atoms with Crippen LogP contribution in [0.1, 0.15) is 6.92 Å². The average molecular weight is 245 g/mol. The number of amides is 1. The number of nitrogens with zero attached hydrogens (tertiary/aromatic N) is 1. The van der Waals surface area contributed by atoms with Crippen molar-refractivity contribution >= 4 is 22.5 Å². The molecule has 0 radical (unpaired) electrons. The minimum absolute atomic E-state index is 0.0403. The standard InChI is InChI=1S/C14H19N3O/c1-10(9-15-2)14(18)16-12-4-5-13-11(8-12)6-7-17(13)3/h4-8,10,15H,9H2,1-3H3,(H,16,18). The average Bonchev–Trinajstić information content (AvgIpc) is 2.71. The van der Waals surface area contributed by atoms with Gasteiger partial charge in [0.2, 0.25) is 5.91 Å². The quantitative estimate of drug-likeness (QED) is 0.865. The predicted octanol–water partition coefficient (Wildman–Crippen LogP) is 1.97. The fourth-order valence-corrected chi connectivity index (χ4v) is 2.02. The monoisotopic (exact) mass is 245 g/mol. The van der Waals surface area contributed by atoms with Crippen molar-refractivity contribution in [3.63, 3.8) is 0 Å². The van der Waals surface area contributed by atoms with Crippen LogP contribution in [0.3, 0.4) is 0 Å². The molecule has 0 aliphatic heterocycles. The van der Waals surface area contributed by atoms with Gasteiger partial charge in [0.05, 0.1) is 0 Å². The Morgan fingerprint density at radius 1 is 1.39 bits per heavy atom. The third-order valence-electron chi connectivity index (χ3n) is 3.11. The van der Waals surface area contributed by atoms with E-state index in [1.807, 2.05) is 51.5 Å². The molecule has 0 aliphatic carbocycles. The number of carbonyl (C=O) groups excluding carboxylic acids is 1. The molecule has 2 N–H and O–H groups in total. The molecule has 1 aromatic heterocycles. The molecule has 0 spiro atoms. The summed E-state index contributed by atoms with van der Waals surface area (Å²) in [5, 5.41) is 7.08. The molecule has 2 rings (SSSR count). The van der Waals surface area contributed by atoms with Gasteiger partial charge >= 0.3 is 0 Å². The molecule has 4 nitrogen and oxygen atoms in total. The Morgan fingerprint density at radius 2 is 2.17 bits per heavy atom. The second-order valence-electron chi connectivity index (χ2n) is 4.65. The first-order chi connectivity index (χ1) is 8.61. The maximum Gasteiger partial charge on any atom is 0.228 e. The van der Waals surface area contributed by atoms with Gasteiger partial charge in [0.25, 0.3) is 0 Å². The van der Waals surface area contributed by atoms with Gasteiger partial charge in [-0.05, 0) is 31.3 Å². The topological polar surface area (TPSA) is 46.1 Å². The first-order valence-electron chi connectivity index (χ1n) is 6.12. The van der Waals surface area contributed by atoms with Crippen LogP contribution in [-0.2, 0) is 11.8 Å².